The minimum Gasteiger partial charge on any atom is -0.299 e. The largest absolute Gasteiger partial charge is 0.299 e. The van der Waals surface area contributed by atoms with Gasteiger partial charge in [0.15, 0.2) is 0 Å². The fraction of sp³-hybridized carbons (Fsp3) is 0.562. The van der Waals surface area contributed by atoms with Crippen molar-refractivity contribution in [1.29, 1.82) is 0 Å². The van der Waals surface area contributed by atoms with Crippen molar-refractivity contribution in [1.82, 2.24) is 0 Å². The van der Waals surface area contributed by atoms with Crippen molar-refractivity contribution in [2.75, 3.05) is 0 Å². The number of hydrogen-bond donors (Lipinski definition) is 0. The number of Topliss-reactive ketones (excluding diaryl/α,β-unsaturated/α-hetero) is 1. The van der Waals surface area contributed by atoms with Crippen LogP contribution in [0.2, 0.25) is 0 Å². The minimum atomic E-state index is 0.326. The van der Waals surface area contributed by atoms with Crippen LogP contribution in [0.25, 0.3) is 0 Å². The van der Waals surface area contributed by atoms with Gasteiger partial charge in [0.2, 0.25) is 0 Å². The summed E-state index contributed by atoms with van der Waals surface area (Å²) in [6.45, 7) is 4.37. The molecular formula is C16H22O. The Morgan fingerprint density at radius 3 is 2.29 bits per heavy atom. The zero-order valence-electron chi connectivity index (χ0n) is 10.9. The zero-order chi connectivity index (χ0) is 12.3. The van der Waals surface area contributed by atoms with E-state index in [-0.39, 0.29) is 0 Å². The molecule has 1 aliphatic rings. The van der Waals surface area contributed by atoms with Gasteiger partial charge in [-0.2, -0.15) is 0 Å². The van der Waals surface area contributed by atoms with Crippen LogP contribution in [0, 0.1) is 18.8 Å². The third kappa shape index (κ3) is 3.42. The molecule has 1 saturated carbocycles. The summed E-state index contributed by atoms with van der Waals surface area (Å²) in [6, 6.07) is 8.34. The van der Waals surface area contributed by atoms with E-state index < -0.39 is 0 Å². The molecule has 1 nitrogen and oxygen atoms in total. The lowest BCUT2D eigenvalue weighted by atomic mass is 9.79. The molecule has 0 aromatic heterocycles. The van der Waals surface area contributed by atoms with Crippen LogP contribution in [0.4, 0.5) is 0 Å². The first-order valence-corrected chi connectivity index (χ1v) is 6.73. The van der Waals surface area contributed by atoms with E-state index in [2.05, 4.69) is 38.1 Å². The predicted octanol–water partition coefficient (Wildman–Crippen LogP) is 3.93. The summed E-state index contributed by atoms with van der Waals surface area (Å²) in [4.78, 5) is 12.2. The highest BCUT2D eigenvalue weighted by molar-refractivity contribution is 5.83. The van der Waals surface area contributed by atoms with Crippen molar-refractivity contribution in [3.8, 4) is 0 Å². The highest BCUT2D eigenvalue weighted by atomic mass is 16.1. The maximum absolute atomic E-state index is 12.2. The summed E-state index contributed by atoms with van der Waals surface area (Å²) in [5.74, 6) is 1.59. The fourth-order valence-corrected chi connectivity index (χ4v) is 2.63. The highest BCUT2D eigenvalue weighted by Crippen LogP contribution is 2.29. The Hall–Kier alpha value is -1.11. The summed E-state index contributed by atoms with van der Waals surface area (Å²) in [7, 11) is 0. The number of carbonyl (C=O) groups is 1. The van der Waals surface area contributed by atoms with Crippen LogP contribution < -0.4 is 0 Å². The van der Waals surface area contributed by atoms with Crippen molar-refractivity contribution in [3.05, 3.63) is 35.4 Å². The van der Waals surface area contributed by atoms with Gasteiger partial charge in [-0.3, -0.25) is 4.79 Å². The van der Waals surface area contributed by atoms with Gasteiger partial charge < -0.3 is 0 Å². The van der Waals surface area contributed by atoms with Gasteiger partial charge >= 0.3 is 0 Å². The summed E-state index contributed by atoms with van der Waals surface area (Å²) in [5, 5.41) is 0. The zero-order valence-corrected chi connectivity index (χ0v) is 10.9. The first-order chi connectivity index (χ1) is 8.15. The van der Waals surface area contributed by atoms with Crippen molar-refractivity contribution >= 4 is 5.78 Å². The molecule has 1 fully saturated rings. The number of rotatable bonds is 3. The Kier molecular flexibility index (Phi) is 3.98. The SMILES string of the molecule is Cc1ccc(CC(=O)C2CCC(C)CC2)cc1. The molecule has 92 valence electrons. The summed E-state index contributed by atoms with van der Waals surface area (Å²) >= 11 is 0. The van der Waals surface area contributed by atoms with Crippen LogP contribution in [-0.2, 0) is 11.2 Å². The van der Waals surface area contributed by atoms with Crippen molar-refractivity contribution in [2.24, 2.45) is 11.8 Å². The third-order valence-electron chi connectivity index (χ3n) is 3.97. The fourth-order valence-electron chi connectivity index (χ4n) is 2.63. The lowest BCUT2D eigenvalue weighted by Crippen LogP contribution is -2.22. The molecule has 0 bridgehead atoms. The first kappa shape index (κ1) is 12.3. The quantitative estimate of drug-likeness (QED) is 0.769. The molecule has 17 heavy (non-hydrogen) atoms. The molecule has 0 saturated heterocycles. The second kappa shape index (κ2) is 5.48. The third-order valence-corrected chi connectivity index (χ3v) is 3.97. The average Bonchev–Trinajstić information content (AvgIpc) is 2.33. The van der Waals surface area contributed by atoms with E-state index in [0.717, 1.165) is 18.8 Å². The summed E-state index contributed by atoms with van der Waals surface area (Å²) in [5.41, 5.74) is 2.42. The number of benzene rings is 1. The second-order valence-corrected chi connectivity index (χ2v) is 5.59. The molecular weight excluding hydrogens is 208 g/mol. The average molecular weight is 230 g/mol. The molecule has 1 aliphatic carbocycles. The Morgan fingerprint density at radius 2 is 1.71 bits per heavy atom. The molecule has 0 radical (unpaired) electrons. The second-order valence-electron chi connectivity index (χ2n) is 5.59. The van der Waals surface area contributed by atoms with Crippen LogP contribution in [0.3, 0.4) is 0 Å². The maximum atomic E-state index is 12.2. The van der Waals surface area contributed by atoms with Gasteiger partial charge in [-0.05, 0) is 31.2 Å². The van der Waals surface area contributed by atoms with Crippen LogP contribution in [0.1, 0.15) is 43.7 Å². The molecule has 0 N–H and O–H groups in total. The van der Waals surface area contributed by atoms with E-state index in [4.69, 9.17) is 0 Å². The molecule has 0 atom stereocenters. The van der Waals surface area contributed by atoms with E-state index in [1.165, 1.54) is 24.0 Å². The molecule has 0 aliphatic heterocycles. The standard InChI is InChI=1S/C16H22O/c1-12-3-7-14(8-4-12)11-16(17)15-9-5-13(2)6-10-15/h3-4,7-8,13,15H,5-6,9-11H2,1-2H3. The van der Waals surface area contributed by atoms with Gasteiger partial charge in [0.1, 0.15) is 5.78 Å². The Morgan fingerprint density at radius 1 is 1.12 bits per heavy atom. The summed E-state index contributed by atoms with van der Waals surface area (Å²) < 4.78 is 0. The van der Waals surface area contributed by atoms with Crippen LogP contribution in [0.15, 0.2) is 24.3 Å². The van der Waals surface area contributed by atoms with Gasteiger partial charge in [-0.15, -0.1) is 0 Å². The topological polar surface area (TPSA) is 17.1 Å². The Balaban J connectivity index is 1.90. The lowest BCUT2D eigenvalue weighted by molar-refractivity contribution is -0.123. The molecule has 1 aromatic rings. The normalized spacial score (nSPS) is 24.6. The van der Waals surface area contributed by atoms with E-state index in [0.29, 0.717) is 18.1 Å². The Labute approximate surface area is 104 Å². The number of carbonyl (C=O) groups excluding carboxylic acids is 1. The maximum Gasteiger partial charge on any atom is 0.140 e. The van der Waals surface area contributed by atoms with Crippen LogP contribution in [0.5, 0.6) is 0 Å². The summed E-state index contributed by atoms with van der Waals surface area (Å²) in [6.07, 6.45) is 5.28. The van der Waals surface area contributed by atoms with Gasteiger partial charge in [-0.25, -0.2) is 0 Å². The molecule has 0 unspecified atom stereocenters. The minimum absolute atomic E-state index is 0.326. The van der Waals surface area contributed by atoms with E-state index >= 15 is 0 Å². The number of ketones is 1. The molecule has 0 spiro atoms. The Bertz CT molecular complexity index is 369. The predicted molar refractivity (Wildman–Crippen MR) is 71.0 cm³/mol. The smallest absolute Gasteiger partial charge is 0.140 e. The van der Waals surface area contributed by atoms with Gasteiger partial charge in [0, 0.05) is 12.3 Å². The molecule has 1 aromatic carbocycles. The lowest BCUT2D eigenvalue weighted by Gasteiger charge is -2.25. The molecule has 0 heterocycles. The van der Waals surface area contributed by atoms with Crippen molar-refractivity contribution < 1.29 is 4.79 Å². The monoisotopic (exact) mass is 230 g/mol. The van der Waals surface area contributed by atoms with Crippen LogP contribution in [-0.4, -0.2) is 5.78 Å². The van der Waals surface area contributed by atoms with Gasteiger partial charge in [0.05, 0.1) is 0 Å². The molecule has 0 amide bonds. The van der Waals surface area contributed by atoms with E-state index in [9.17, 15) is 4.79 Å². The van der Waals surface area contributed by atoms with Gasteiger partial charge in [0.25, 0.3) is 0 Å². The highest BCUT2D eigenvalue weighted by Gasteiger charge is 2.23. The molecule has 2 rings (SSSR count). The van der Waals surface area contributed by atoms with Crippen molar-refractivity contribution in [3.63, 3.8) is 0 Å². The number of hydrogen-bond acceptors (Lipinski definition) is 1. The number of aryl methyl sites for hydroxylation is 1. The van der Waals surface area contributed by atoms with Gasteiger partial charge in [-0.1, -0.05) is 49.6 Å². The van der Waals surface area contributed by atoms with E-state index in [1.807, 2.05) is 0 Å². The van der Waals surface area contributed by atoms with Crippen LogP contribution >= 0.6 is 0 Å². The van der Waals surface area contributed by atoms with E-state index in [1.54, 1.807) is 0 Å². The first-order valence-electron chi connectivity index (χ1n) is 6.73. The molecule has 1 heteroatoms. The van der Waals surface area contributed by atoms with Crippen molar-refractivity contribution in [2.45, 2.75) is 46.0 Å².